The quantitative estimate of drug-likeness (QED) is 0.520. The SMILES string of the molecule is C[Si](Cl)(Cl)NCBCl. The summed E-state index contributed by atoms with van der Waals surface area (Å²) in [4.78, 5) is 2.91. The summed E-state index contributed by atoms with van der Waals surface area (Å²) >= 11 is 16.6. The minimum Gasteiger partial charge on any atom is -0.319 e. The van der Waals surface area contributed by atoms with Crippen molar-refractivity contribution in [1.82, 2.24) is 4.98 Å². The van der Waals surface area contributed by atoms with E-state index < -0.39 is 6.86 Å². The van der Waals surface area contributed by atoms with Gasteiger partial charge in [0.15, 0.2) is 0 Å². The monoisotopic (exact) mass is 189 g/mol. The van der Waals surface area contributed by atoms with E-state index in [0.717, 1.165) is 0 Å². The van der Waals surface area contributed by atoms with Crippen molar-refractivity contribution < 1.29 is 0 Å². The van der Waals surface area contributed by atoms with Crippen LogP contribution in [0.2, 0.25) is 6.55 Å². The Kier molecular flexibility index (Phi) is 4.57. The first kappa shape index (κ1) is 9.11. The van der Waals surface area contributed by atoms with Gasteiger partial charge in [-0.2, -0.15) is 11.5 Å². The van der Waals surface area contributed by atoms with Gasteiger partial charge in [0.25, 0.3) is 0 Å². The minimum atomic E-state index is -2.07. The van der Waals surface area contributed by atoms with Gasteiger partial charge in [0, 0.05) is 0 Å². The van der Waals surface area contributed by atoms with E-state index in [0.29, 0.717) is 13.1 Å². The maximum Gasteiger partial charge on any atom is 0.318 e. The van der Waals surface area contributed by atoms with Crippen LogP contribution in [-0.4, -0.2) is 20.0 Å². The molecular formula is C2H7BCl3NSi. The molecule has 0 aliphatic carbocycles. The highest BCUT2D eigenvalue weighted by Gasteiger charge is 2.18. The van der Waals surface area contributed by atoms with E-state index in [1.807, 2.05) is 0 Å². The highest BCUT2D eigenvalue weighted by molar-refractivity contribution is 7.43. The Morgan fingerprint density at radius 2 is 2.12 bits per heavy atom. The standard InChI is InChI=1S/C2H7BCl3NSi/c1-8(5,6)7-2-3-4/h3,7H,2H2,1H3. The number of rotatable bonds is 3. The van der Waals surface area contributed by atoms with Crippen LogP contribution in [0.15, 0.2) is 0 Å². The molecule has 48 valence electrons. The molecule has 0 amide bonds. The third-order valence-electron chi connectivity index (χ3n) is 0.530. The molecule has 0 aromatic carbocycles. The molecule has 0 aliphatic rings. The molecule has 1 nitrogen and oxygen atoms in total. The number of nitrogens with one attached hydrogen (secondary N) is 1. The zero-order valence-electron chi connectivity index (χ0n) is 4.55. The van der Waals surface area contributed by atoms with Crippen LogP contribution in [0.3, 0.4) is 0 Å². The number of hydrogen-bond donors (Lipinski definition) is 1. The van der Waals surface area contributed by atoms with Gasteiger partial charge in [-0.15, -0.1) is 22.2 Å². The van der Waals surface area contributed by atoms with E-state index in [1.54, 1.807) is 6.55 Å². The lowest BCUT2D eigenvalue weighted by molar-refractivity contribution is 1.16. The number of halogens is 3. The lowest BCUT2D eigenvalue weighted by Gasteiger charge is -2.09. The van der Waals surface area contributed by atoms with Crippen LogP contribution in [0.5, 0.6) is 0 Å². The molecule has 0 fully saturated rings. The first-order valence-corrected chi connectivity index (χ1v) is 7.31. The summed E-state index contributed by atoms with van der Waals surface area (Å²) in [5.41, 5.74) is 0. The van der Waals surface area contributed by atoms with Gasteiger partial charge in [-0.3, -0.25) is 0 Å². The smallest absolute Gasteiger partial charge is 0.318 e. The normalized spacial score (nSPS) is 11.5. The molecule has 0 heterocycles. The second-order valence-corrected chi connectivity index (χ2v) is 9.13. The Morgan fingerprint density at radius 3 is 2.25 bits per heavy atom. The maximum absolute atomic E-state index is 5.65. The molecule has 0 bridgehead atoms. The van der Waals surface area contributed by atoms with Crippen molar-refractivity contribution in [3.05, 3.63) is 0 Å². The Balaban J connectivity index is 3.11. The van der Waals surface area contributed by atoms with Crippen molar-refractivity contribution in [1.29, 1.82) is 0 Å². The Labute approximate surface area is 65.3 Å². The van der Waals surface area contributed by atoms with Crippen LogP contribution < -0.4 is 4.98 Å². The van der Waals surface area contributed by atoms with Crippen LogP contribution in [-0.2, 0) is 0 Å². The summed E-state index contributed by atoms with van der Waals surface area (Å²) in [5, 5.41) is 0. The van der Waals surface area contributed by atoms with E-state index in [4.69, 9.17) is 33.6 Å². The van der Waals surface area contributed by atoms with Crippen molar-refractivity contribution in [2.45, 2.75) is 6.55 Å². The van der Waals surface area contributed by atoms with Crippen LogP contribution in [0.25, 0.3) is 0 Å². The molecule has 6 heteroatoms. The summed E-state index contributed by atoms with van der Waals surface area (Å²) in [6.45, 7) is 0.284. The van der Waals surface area contributed by atoms with Crippen molar-refractivity contribution >= 4 is 47.2 Å². The molecule has 0 aliphatic heterocycles. The second-order valence-electron chi connectivity index (χ2n) is 1.50. The van der Waals surface area contributed by atoms with Crippen LogP contribution in [0.1, 0.15) is 0 Å². The van der Waals surface area contributed by atoms with Gasteiger partial charge in [-0.25, -0.2) is 0 Å². The van der Waals surface area contributed by atoms with Gasteiger partial charge in [0.05, 0.1) is 0 Å². The molecule has 0 saturated heterocycles. The molecule has 0 aromatic heterocycles. The van der Waals surface area contributed by atoms with Gasteiger partial charge < -0.3 is 4.98 Å². The summed E-state index contributed by atoms with van der Waals surface area (Å²) in [5.74, 6) is 0. The molecule has 0 atom stereocenters. The molecule has 0 saturated carbocycles. The third kappa shape index (κ3) is 7.11. The summed E-state index contributed by atoms with van der Waals surface area (Å²) in [7, 11) is 0. The van der Waals surface area contributed by atoms with Crippen LogP contribution >= 0.6 is 33.6 Å². The van der Waals surface area contributed by atoms with Gasteiger partial charge in [-0.05, 0) is 13.0 Å². The predicted molar refractivity (Wildman–Crippen MR) is 44.3 cm³/mol. The molecular weight excluding hydrogens is 183 g/mol. The zero-order chi connectivity index (χ0) is 6.62. The predicted octanol–water partition coefficient (Wildman–Crippen LogP) is 1.17. The van der Waals surface area contributed by atoms with Crippen LogP contribution in [0, 0.1) is 0 Å². The van der Waals surface area contributed by atoms with E-state index >= 15 is 0 Å². The summed E-state index contributed by atoms with van der Waals surface area (Å²) in [6, 6.07) is 0. The summed E-state index contributed by atoms with van der Waals surface area (Å²) < 4.78 is 0. The van der Waals surface area contributed by atoms with Crippen molar-refractivity contribution in [3.8, 4) is 0 Å². The second kappa shape index (κ2) is 4.01. The van der Waals surface area contributed by atoms with Crippen molar-refractivity contribution in [3.63, 3.8) is 0 Å². The summed E-state index contributed by atoms with van der Waals surface area (Å²) in [6.07, 6.45) is 0.692. The van der Waals surface area contributed by atoms with Crippen LogP contribution in [0.4, 0.5) is 0 Å². The van der Waals surface area contributed by atoms with E-state index in [2.05, 4.69) is 4.98 Å². The lowest BCUT2D eigenvalue weighted by atomic mass is 10.1. The maximum atomic E-state index is 5.65. The van der Waals surface area contributed by atoms with Gasteiger partial charge in [0.1, 0.15) is 0 Å². The molecule has 0 spiro atoms. The van der Waals surface area contributed by atoms with Crippen molar-refractivity contribution in [2.24, 2.45) is 0 Å². The molecule has 0 aromatic rings. The van der Waals surface area contributed by atoms with Gasteiger partial charge >= 0.3 is 6.86 Å². The molecule has 0 unspecified atom stereocenters. The molecule has 1 N–H and O–H groups in total. The topological polar surface area (TPSA) is 12.0 Å². The molecule has 8 heavy (non-hydrogen) atoms. The largest absolute Gasteiger partial charge is 0.319 e. The first-order chi connectivity index (χ1) is 3.56. The fraction of sp³-hybridized carbons (Fsp3) is 1.00. The Hall–Kier alpha value is 1.11. The highest BCUT2D eigenvalue weighted by Crippen LogP contribution is 2.07. The average Bonchev–Trinajstić information content (AvgIpc) is 1.59. The van der Waals surface area contributed by atoms with Gasteiger partial charge in [-0.1, -0.05) is 0 Å². The number of hydrogen-bond acceptors (Lipinski definition) is 1. The fourth-order valence-electron chi connectivity index (χ4n) is 0.267. The van der Waals surface area contributed by atoms with Crippen molar-refractivity contribution in [2.75, 3.05) is 6.44 Å². The lowest BCUT2D eigenvalue weighted by Crippen LogP contribution is -2.38. The van der Waals surface area contributed by atoms with Gasteiger partial charge in [0.2, 0.25) is 6.69 Å². The molecule has 0 radical (unpaired) electrons. The average molecular weight is 190 g/mol. The van der Waals surface area contributed by atoms with E-state index in [-0.39, 0.29) is 0 Å². The third-order valence-corrected chi connectivity index (χ3v) is 2.39. The fourth-order valence-corrected chi connectivity index (χ4v) is 1.65. The molecule has 0 rings (SSSR count). The minimum absolute atomic E-state index is 0.558. The van der Waals surface area contributed by atoms with E-state index in [9.17, 15) is 0 Å². The van der Waals surface area contributed by atoms with E-state index in [1.165, 1.54) is 0 Å². The first-order valence-electron chi connectivity index (χ1n) is 2.25. The Bertz CT molecular complexity index is 64.8. The zero-order valence-corrected chi connectivity index (χ0v) is 7.82. The Morgan fingerprint density at radius 1 is 1.62 bits per heavy atom. The highest BCUT2D eigenvalue weighted by atomic mass is 35.7.